The van der Waals surface area contributed by atoms with Crippen LogP contribution in [0.25, 0.3) is 10.6 Å². The highest BCUT2D eigenvalue weighted by atomic mass is 35.5. The van der Waals surface area contributed by atoms with Crippen LogP contribution in [0.5, 0.6) is 0 Å². The molecule has 0 aromatic carbocycles. The molecule has 2 rings (SSSR count). The smallest absolute Gasteiger partial charge is 0.230 e. The summed E-state index contributed by atoms with van der Waals surface area (Å²) in [6, 6.07) is 4.20. The molecular weight excluding hydrogens is 314 g/mol. The second-order valence-electron chi connectivity index (χ2n) is 4.28. The predicted octanol–water partition coefficient (Wildman–Crippen LogP) is 3.39. The summed E-state index contributed by atoms with van der Waals surface area (Å²) in [4.78, 5) is 18.6. The number of aromatic nitrogens is 1. The van der Waals surface area contributed by atoms with E-state index >= 15 is 0 Å². The van der Waals surface area contributed by atoms with Crippen molar-refractivity contribution in [1.82, 2.24) is 4.98 Å². The van der Waals surface area contributed by atoms with Gasteiger partial charge in [-0.25, -0.2) is 4.98 Å². The average molecular weight is 332 g/mol. The molecule has 1 atom stereocenters. The van der Waals surface area contributed by atoms with Crippen molar-refractivity contribution in [2.75, 3.05) is 11.9 Å². The highest BCUT2D eigenvalue weighted by molar-refractivity contribution is 7.17. The first-order chi connectivity index (χ1) is 9.13. The summed E-state index contributed by atoms with van der Waals surface area (Å²) in [6.45, 7) is 4.28. The zero-order chi connectivity index (χ0) is 13.8. The van der Waals surface area contributed by atoms with Crippen LogP contribution in [0.4, 0.5) is 5.13 Å². The van der Waals surface area contributed by atoms with Gasteiger partial charge in [-0.05, 0) is 18.6 Å². The van der Waals surface area contributed by atoms with Crippen LogP contribution in [-0.4, -0.2) is 17.4 Å². The van der Waals surface area contributed by atoms with Gasteiger partial charge in [0.2, 0.25) is 5.91 Å². The Labute approximate surface area is 132 Å². The lowest BCUT2D eigenvalue weighted by molar-refractivity contribution is -0.119. The molecule has 110 valence electrons. The molecule has 0 saturated carbocycles. The van der Waals surface area contributed by atoms with E-state index in [1.807, 2.05) is 5.38 Å². The van der Waals surface area contributed by atoms with Crippen LogP contribution < -0.4 is 11.1 Å². The van der Waals surface area contributed by atoms with Crippen molar-refractivity contribution < 1.29 is 4.79 Å². The number of hydrogen-bond donors (Lipinski definition) is 2. The van der Waals surface area contributed by atoms with E-state index in [4.69, 9.17) is 5.73 Å². The third kappa shape index (κ3) is 4.02. The second-order valence-corrected chi connectivity index (χ2v) is 6.31. The number of amides is 1. The lowest BCUT2D eigenvalue weighted by atomic mass is 10.2. The lowest BCUT2D eigenvalue weighted by Gasteiger charge is -2.06. The standard InChI is InChI=1S/C13H17N3OS2.ClH/c1-3-9-4-5-11(19-9)10-7-18-13(15-10)16-12(17)8(2)6-14;/h4-5,7-8H,3,6,14H2,1-2H3,(H,15,16,17);1H. The third-order valence-corrected chi connectivity index (χ3v) is 4.81. The topological polar surface area (TPSA) is 68.0 Å². The highest BCUT2D eigenvalue weighted by Crippen LogP contribution is 2.31. The van der Waals surface area contributed by atoms with Gasteiger partial charge >= 0.3 is 0 Å². The van der Waals surface area contributed by atoms with Gasteiger partial charge in [-0.3, -0.25) is 4.79 Å². The fraction of sp³-hybridized carbons (Fsp3) is 0.385. The molecule has 0 saturated heterocycles. The summed E-state index contributed by atoms with van der Waals surface area (Å²) in [7, 11) is 0. The van der Waals surface area contributed by atoms with Gasteiger partial charge in [-0.2, -0.15) is 0 Å². The molecule has 0 aliphatic rings. The Hall–Kier alpha value is -0.950. The molecule has 3 N–H and O–H groups in total. The van der Waals surface area contributed by atoms with Crippen LogP contribution in [0.3, 0.4) is 0 Å². The number of carbonyl (C=O) groups is 1. The molecule has 0 fully saturated rings. The minimum atomic E-state index is -0.194. The number of halogens is 1. The van der Waals surface area contributed by atoms with Gasteiger partial charge in [0.05, 0.1) is 10.6 Å². The van der Waals surface area contributed by atoms with E-state index in [-0.39, 0.29) is 24.2 Å². The molecule has 1 amide bonds. The molecule has 2 aromatic heterocycles. The number of aryl methyl sites for hydroxylation is 1. The fourth-order valence-corrected chi connectivity index (χ4v) is 3.18. The number of rotatable bonds is 5. The van der Waals surface area contributed by atoms with Crippen molar-refractivity contribution in [2.24, 2.45) is 11.7 Å². The normalized spacial score (nSPS) is 11.8. The van der Waals surface area contributed by atoms with E-state index in [0.29, 0.717) is 11.7 Å². The van der Waals surface area contributed by atoms with Gasteiger partial charge in [0.15, 0.2) is 5.13 Å². The van der Waals surface area contributed by atoms with Crippen molar-refractivity contribution in [2.45, 2.75) is 20.3 Å². The summed E-state index contributed by atoms with van der Waals surface area (Å²) < 4.78 is 0. The predicted molar refractivity (Wildman–Crippen MR) is 88.9 cm³/mol. The highest BCUT2D eigenvalue weighted by Gasteiger charge is 2.13. The van der Waals surface area contributed by atoms with E-state index in [1.165, 1.54) is 16.2 Å². The summed E-state index contributed by atoms with van der Waals surface area (Å²) in [5, 5.41) is 5.39. The number of nitrogens with two attached hydrogens (primary N) is 1. The number of thiophene rings is 1. The third-order valence-electron chi connectivity index (χ3n) is 2.80. The molecular formula is C13H18ClN3OS2. The largest absolute Gasteiger partial charge is 0.330 e. The lowest BCUT2D eigenvalue weighted by Crippen LogP contribution is -2.26. The minimum absolute atomic E-state index is 0. The Bertz CT molecular complexity index is 567. The summed E-state index contributed by atoms with van der Waals surface area (Å²) in [6.07, 6.45) is 1.03. The van der Waals surface area contributed by atoms with Gasteiger partial charge in [-0.1, -0.05) is 13.8 Å². The van der Waals surface area contributed by atoms with Gasteiger partial charge in [0.25, 0.3) is 0 Å². The zero-order valence-corrected chi connectivity index (χ0v) is 13.8. The first-order valence-corrected chi connectivity index (χ1v) is 7.89. The molecule has 2 aromatic rings. The average Bonchev–Trinajstić information content (AvgIpc) is 3.05. The summed E-state index contributed by atoms with van der Waals surface area (Å²) in [5.74, 6) is -0.274. The van der Waals surface area contributed by atoms with Crippen molar-refractivity contribution in [3.8, 4) is 10.6 Å². The number of hydrogen-bond acceptors (Lipinski definition) is 5. The minimum Gasteiger partial charge on any atom is -0.330 e. The number of anilines is 1. The molecule has 0 aliphatic heterocycles. The van der Waals surface area contributed by atoms with Crippen LogP contribution in [0.15, 0.2) is 17.5 Å². The fourth-order valence-electron chi connectivity index (χ4n) is 1.49. The first kappa shape index (κ1) is 17.1. The van der Waals surface area contributed by atoms with Crippen molar-refractivity contribution in [1.29, 1.82) is 0 Å². The second kappa shape index (κ2) is 7.73. The van der Waals surface area contributed by atoms with Crippen LogP contribution in [0, 0.1) is 5.92 Å². The molecule has 20 heavy (non-hydrogen) atoms. The summed E-state index contributed by atoms with van der Waals surface area (Å²) >= 11 is 3.18. The van der Waals surface area contributed by atoms with E-state index in [2.05, 4.69) is 29.4 Å². The Balaban J connectivity index is 0.00000200. The Morgan fingerprint density at radius 2 is 2.25 bits per heavy atom. The number of nitrogens with zero attached hydrogens (tertiary/aromatic N) is 1. The van der Waals surface area contributed by atoms with E-state index in [1.54, 1.807) is 18.3 Å². The van der Waals surface area contributed by atoms with Crippen LogP contribution in [0.1, 0.15) is 18.7 Å². The van der Waals surface area contributed by atoms with Crippen LogP contribution in [0.2, 0.25) is 0 Å². The Morgan fingerprint density at radius 3 is 2.85 bits per heavy atom. The number of thiazole rings is 1. The van der Waals surface area contributed by atoms with Crippen LogP contribution >= 0.6 is 35.1 Å². The Kier molecular flexibility index (Phi) is 6.61. The van der Waals surface area contributed by atoms with Gasteiger partial charge in [-0.15, -0.1) is 35.1 Å². The Morgan fingerprint density at radius 1 is 1.50 bits per heavy atom. The molecule has 1 unspecified atom stereocenters. The van der Waals surface area contributed by atoms with Gasteiger partial charge < -0.3 is 11.1 Å². The molecule has 0 bridgehead atoms. The molecule has 7 heteroatoms. The summed E-state index contributed by atoms with van der Waals surface area (Å²) in [5.41, 5.74) is 6.39. The monoisotopic (exact) mass is 331 g/mol. The van der Waals surface area contributed by atoms with Gasteiger partial charge in [0.1, 0.15) is 0 Å². The maximum atomic E-state index is 11.7. The number of nitrogens with one attached hydrogen (secondary N) is 1. The molecule has 4 nitrogen and oxygen atoms in total. The van der Waals surface area contributed by atoms with E-state index in [0.717, 1.165) is 17.0 Å². The number of carbonyl (C=O) groups excluding carboxylic acids is 1. The SMILES string of the molecule is CCc1ccc(-c2csc(NC(=O)C(C)CN)n2)s1.Cl. The maximum absolute atomic E-state index is 11.7. The van der Waals surface area contributed by atoms with E-state index < -0.39 is 0 Å². The van der Waals surface area contributed by atoms with Crippen molar-refractivity contribution in [3.63, 3.8) is 0 Å². The van der Waals surface area contributed by atoms with Crippen molar-refractivity contribution in [3.05, 3.63) is 22.4 Å². The first-order valence-electron chi connectivity index (χ1n) is 6.19. The molecule has 0 aliphatic carbocycles. The molecule has 0 spiro atoms. The van der Waals surface area contributed by atoms with E-state index in [9.17, 15) is 4.79 Å². The van der Waals surface area contributed by atoms with Gasteiger partial charge in [0, 0.05) is 22.7 Å². The molecule has 0 radical (unpaired) electrons. The van der Waals surface area contributed by atoms with Crippen LogP contribution in [-0.2, 0) is 11.2 Å². The quantitative estimate of drug-likeness (QED) is 0.882. The zero-order valence-electron chi connectivity index (χ0n) is 11.4. The molecule has 2 heterocycles. The van der Waals surface area contributed by atoms with Crippen molar-refractivity contribution >= 4 is 46.1 Å². The maximum Gasteiger partial charge on any atom is 0.230 e.